The molecule has 5 heteroatoms. The number of Topliss-reactive ketones (excluding diaryl/α,β-unsaturated/α-hetero) is 1. The maximum absolute atomic E-state index is 11.7. The highest BCUT2D eigenvalue weighted by Crippen LogP contribution is 2.12. The van der Waals surface area contributed by atoms with Gasteiger partial charge in [-0.15, -0.1) is 0 Å². The van der Waals surface area contributed by atoms with E-state index in [2.05, 4.69) is 0 Å². The highest BCUT2D eigenvalue weighted by molar-refractivity contribution is 6.17. The van der Waals surface area contributed by atoms with Crippen molar-refractivity contribution >= 4 is 17.5 Å². The number of rotatable bonds is 5. The Hall–Kier alpha value is -2.43. The smallest absolute Gasteiger partial charge is 0.340 e. The monoisotopic (exact) mass is 247 g/mol. The molecule has 0 bridgehead atoms. The van der Waals surface area contributed by atoms with Gasteiger partial charge >= 0.3 is 5.97 Å². The number of benzene rings is 1. The lowest BCUT2D eigenvalue weighted by Gasteiger charge is -2.05. The molecule has 0 aliphatic heterocycles. The van der Waals surface area contributed by atoms with Crippen LogP contribution in [-0.4, -0.2) is 27.7 Å². The molecule has 1 aromatic rings. The number of allylic oxidation sites excluding steroid dienone is 1. The quantitative estimate of drug-likeness (QED) is 0.321. The Bertz CT molecular complexity index is 501. The fourth-order valence-electron chi connectivity index (χ4n) is 1.47. The molecule has 1 rings (SSSR count). The van der Waals surface area contributed by atoms with Gasteiger partial charge in [-0.3, -0.25) is 4.79 Å². The molecule has 1 aromatic carbocycles. The van der Waals surface area contributed by atoms with Crippen molar-refractivity contribution in [2.24, 2.45) is 0 Å². The number of carboxylic acids is 1. The molecular weight excluding hydrogens is 234 g/mol. The minimum absolute atomic E-state index is 0.291. The van der Waals surface area contributed by atoms with Gasteiger partial charge in [0.2, 0.25) is 0 Å². The van der Waals surface area contributed by atoms with Gasteiger partial charge in [0.1, 0.15) is 11.3 Å². The number of carbonyl (C=O) groups excluding carboxylic acids is 1. The number of hydrogen-bond donors (Lipinski definition) is 3. The van der Waals surface area contributed by atoms with Crippen LogP contribution < -0.4 is 0 Å². The molecule has 0 aliphatic carbocycles. The largest absolute Gasteiger partial charge is 0.511 e. The molecule has 0 amide bonds. The predicted molar refractivity (Wildman–Crippen MR) is 66.1 cm³/mol. The van der Waals surface area contributed by atoms with Crippen molar-refractivity contribution in [1.29, 1.82) is 5.41 Å². The van der Waals surface area contributed by atoms with Crippen LogP contribution in [0.15, 0.2) is 41.7 Å². The fraction of sp³-hybridized carbons (Fsp3) is 0.154. The van der Waals surface area contributed by atoms with Gasteiger partial charge in [0.05, 0.1) is 6.42 Å². The summed E-state index contributed by atoms with van der Waals surface area (Å²) in [6.07, 6.45) is -0.429. The van der Waals surface area contributed by atoms with Crippen molar-refractivity contribution in [3.8, 4) is 0 Å². The number of aliphatic carboxylic acids is 1. The summed E-state index contributed by atoms with van der Waals surface area (Å²) in [6, 6.07) is 8.25. The number of carbonyl (C=O) groups is 2. The SMILES string of the molecule is CC(=N)/C(C(=O)O)=C(\O)CC(=O)c1ccccc1. The van der Waals surface area contributed by atoms with Gasteiger partial charge in [0.15, 0.2) is 5.78 Å². The molecule has 0 radical (unpaired) electrons. The molecule has 0 saturated heterocycles. The van der Waals surface area contributed by atoms with E-state index in [0.29, 0.717) is 5.56 Å². The first kappa shape index (κ1) is 13.6. The van der Waals surface area contributed by atoms with E-state index in [0.717, 1.165) is 0 Å². The summed E-state index contributed by atoms with van der Waals surface area (Å²) in [7, 11) is 0. The zero-order valence-corrected chi connectivity index (χ0v) is 9.80. The second-order valence-electron chi connectivity index (χ2n) is 3.72. The van der Waals surface area contributed by atoms with Crippen LogP contribution in [0.1, 0.15) is 23.7 Å². The molecule has 0 heterocycles. The Kier molecular flexibility index (Phi) is 4.37. The summed E-state index contributed by atoms with van der Waals surface area (Å²) in [5.74, 6) is -2.40. The van der Waals surface area contributed by atoms with Crippen molar-refractivity contribution < 1.29 is 19.8 Å². The van der Waals surface area contributed by atoms with Crippen molar-refractivity contribution in [2.45, 2.75) is 13.3 Å². The van der Waals surface area contributed by atoms with Crippen molar-refractivity contribution in [2.75, 3.05) is 0 Å². The van der Waals surface area contributed by atoms with Gasteiger partial charge in [-0.1, -0.05) is 30.3 Å². The lowest BCUT2D eigenvalue weighted by atomic mass is 10.0. The van der Waals surface area contributed by atoms with E-state index in [1.54, 1.807) is 30.3 Å². The van der Waals surface area contributed by atoms with Crippen LogP contribution in [0.4, 0.5) is 0 Å². The summed E-state index contributed by atoms with van der Waals surface area (Å²) in [5, 5.41) is 25.7. The van der Waals surface area contributed by atoms with E-state index in [9.17, 15) is 14.7 Å². The van der Waals surface area contributed by atoms with E-state index in [1.165, 1.54) is 6.92 Å². The fourth-order valence-corrected chi connectivity index (χ4v) is 1.47. The summed E-state index contributed by atoms with van der Waals surface area (Å²) in [6.45, 7) is 1.24. The number of nitrogens with one attached hydrogen (secondary N) is 1. The summed E-state index contributed by atoms with van der Waals surface area (Å²) >= 11 is 0. The number of carboxylic acid groups (broad SMARTS) is 1. The molecular formula is C13H13NO4. The van der Waals surface area contributed by atoms with E-state index in [1.807, 2.05) is 0 Å². The Morgan fingerprint density at radius 2 is 1.72 bits per heavy atom. The first-order valence-electron chi connectivity index (χ1n) is 5.22. The van der Waals surface area contributed by atoms with E-state index < -0.39 is 29.5 Å². The molecule has 0 aliphatic rings. The topological polar surface area (TPSA) is 98.5 Å². The third-order valence-electron chi connectivity index (χ3n) is 2.30. The van der Waals surface area contributed by atoms with Crippen LogP contribution in [-0.2, 0) is 4.79 Å². The van der Waals surface area contributed by atoms with Crippen molar-refractivity contribution in [1.82, 2.24) is 0 Å². The molecule has 0 saturated carbocycles. The third kappa shape index (κ3) is 3.28. The van der Waals surface area contributed by atoms with Crippen LogP contribution in [0.25, 0.3) is 0 Å². The third-order valence-corrected chi connectivity index (χ3v) is 2.30. The number of ketones is 1. The second-order valence-corrected chi connectivity index (χ2v) is 3.72. The first-order valence-corrected chi connectivity index (χ1v) is 5.22. The zero-order valence-electron chi connectivity index (χ0n) is 9.80. The molecule has 94 valence electrons. The molecule has 0 aromatic heterocycles. The summed E-state index contributed by atoms with van der Waals surface area (Å²) in [5.41, 5.74) is -0.434. The summed E-state index contributed by atoms with van der Waals surface area (Å²) in [4.78, 5) is 22.6. The Balaban J connectivity index is 2.97. The maximum atomic E-state index is 11.7. The number of aliphatic hydroxyl groups excluding tert-OH is 1. The van der Waals surface area contributed by atoms with E-state index >= 15 is 0 Å². The van der Waals surface area contributed by atoms with Gasteiger partial charge in [0.25, 0.3) is 0 Å². The van der Waals surface area contributed by atoms with Crippen LogP contribution in [0.5, 0.6) is 0 Å². The van der Waals surface area contributed by atoms with Gasteiger partial charge in [0, 0.05) is 11.3 Å². The molecule has 3 N–H and O–H groups in total. The van der Waals surface area contributed by atoms with E-state index in [4.69, 9.17) is 10.5 Å². The van der Waals surface area contributed by atoms with Crippen LogP contribution in [0.2, 0.25) is 0 Å². The van der Waals surface area contributed by atoms with Gasteiger partial charge in [-0.2, -0.15) is 0 Å². The molecule has 5 nitrogen and oxygen atoms in total. The van der Waals surface area contributed by atoms with Gasteiger partial charge in [-0.05, 0) is 6.92 Å². The highest BCUT2D eigenvalue weighted by atomic mass is 16.4. The number of hydrogen-bond acceptors (Lipinski definition) is 4. The molecule has 0 fully saturated rings. The highest BCUT2D eigenvalue weighted by Gasteiger charge is 2.19. The average Bonchev–Trinajstić information content (AvgIpc) is 2.28. The first-order chi connectivity index (χ1) is 8.43. The zero-order chi connectivity index (χ0) is 13.7. The molecule has 18 heavy (non-hydrogen) atoms. The average molecular weight is 247 g/mol. The van der Waals surface area contributed by atoms with Crippen LogP contribution >= 0.6 is 0 Å². The normalized spacial score (nSPS) is 11.6. The Morgan fingerprint density at radius 3 is 2.17 bits per heavy atom. The predicted octanol–water partition coefficient (Wildman–Crippen LogP) is 2.20. The van der Waals surface area contributed by atoms with Crippen molar-refractivity contribution in [3.05, 3.63) is 47.2 Å². The van der Waals surface area contributed by atoms with Gasteiger partial charge in [-0.25, -0.2) is 4.79 Å². The molecule has 0 unspecified atom stereocenters. The number of aliphatic hydroxyl groups is 1. The lowest BCUT2D eigenvalue weighted by molar-refractivity contribution is -0.132. The Labute approximate surface area is 104 Å². The van der Waals surface area contributed by atoms with Gasteiger partial charge < -0.3 is 15.6 Å². The van der Waals surface area contributed by atoms with Crippen LogP contribution in [0.3, 0.4) is 0 Å². The minimum atomic E-state index is -1.42. The summed E-state index contributed by atoms with van der Waals surface area (Å²) < 4.78 is 0. The minimum Gasteiger partial charge on any atom is -0.511 e. The van der Waals surface area contributed by atoms with Crippen LogP contribution in [0, 0.1) is 5.41 Å². The molecule has 0 spiro atoms. The van der Waals surface area contributed by atoms with E-state index in [-0.39, 0.29) is 5.71 Å². The Morgan fingerprint density at radius 1 is 1.17 bits per heavy atom. The van der Waals surface area contributed by atoms with Crippen molar-refractivity contribution in [3.63, 3.8) is 0 Å². The molecule has 0 atom stereocenters. The lowest BCUT2D eigenvalue weighted by Crippen LogP contribution is -2.14. The second kappa shape index (κ2) is 5.77. The maximum Gasteiger partial charge on any atom is 0.340 e. The standard InChI is InChI=1S/C13H13NO4/c1-8(14)12(13(17)18)11(16)7-10(15)9-5-3-2-4-6-9/h2-6,14,16H,7H2,1H3,(H,17,18)/b12-11+,14-8?.